The van der Waals surface area contributed by atoms with Gasteiger partial charge in [-0.15, -0.1) is 0 Å². The largest absolute Gasteiger partial charge is 0.478 e. The first-order valence-corrected chi connectivity index (χ1v) is 7.06. The van der Waals surface area contributed by atoms with Gasteiger partial charge in [0.15, 0.2) is 6.10 Å². The molecule has 1 atom stereocenters. The number of ether oxygens (including phenoxy) is 1. The number of carbonyl (C=O) groups excluding carboxylic acids is 2. The molecule has 126 valence electrons. The van der Waals surface area contributed by atoms with Crippen LogP contribution >= 0.6 is 0 Å². The number of nitrogens with zero attached hydrogens (tertiary/aromatic N) is 1. The van der Waals surface area contributed by atoms with Crippen LogP contribution in [0.3, 0.4) is 0 Å². The van der Waals surface area contributed by atoms with E-state index < -0.39 is 24.7 Å². The van der Waals surface area contributed by atoms with Gasteiger partial charge in [-0.25, -0.2) is 0 Å². The number of anilines is 1. The van der Waals surface area contributed by atoms with Crippen molar-refractivity contribution in [1.82, 2.24) is 4.90 Å². The number of hydrogen-bond donors (Lipinski definition) is 1. The quantitative estimate of drug-likeness (QED) is 0.923. The van der Waals surface area contributed by atoms with Gasteiger partial charge in [0.05, 0.1) is 5.69 Å². The van der Waals surface area contributed by atoms with Crippen LogP contribution in [0.5, 0.6) is 5.75 Å². The van der Waals surface area contributed by atoms with E-state index in [0.717, 1.165) is 10.5 Å². The van der Waals surface area contributed by atoms with Gasteiger partial charge in [0.25, 0.3) is 5.91 Å². The minimum atomic E-state index is -4.44. The van der Waals surface area contributed by atoms with Gasteiger partial charge in [-0.1, -0.05) is 6.07 Å². The normalized spacial score (nSPS) is 18.2. The Hall–Kier alpha value is -2.25. The maximum absolute atomic E-state index is 12.4. The fourth-order valence-electron chi connectivity index (χ4n) is 2.37. The minimum absolute atomic E-state index is 0.00963. The Bertz CT molecular complexity index is 616. The molecule has 8 heteroatoms. The average molecular weight is 330 g/mol. The SMILES string of the molecule is CC(=O)Nc1ccc(C)cc1O[C@@H]1CCN(CC(F)(F)F)C1=O. The van der Waals surface area contributed by atoms with Gasteiger partial charge in [-0.05, 0) is 24.6 Å². The van der Waals surface area contributed by atoms with Crippen LogP contribution in [0.15, 0.2) is 18.2 Å². The van der Waals surface area contributed by atoms with Crippen molar-refractivity contribution in [3.63, 3.8) is 0 Å². The second kappa shape index (κ2) is 6.47. The van der Waals surface area contributed by atoms with E-state index in [1.807, 2.05) is 0 Å². The van der Waals surface area contributed by atoms with E-state index >= 15 is 0 Å². The van der Waals surface area contributed by atoms with E-state index in [9.17, 15) is 22.8 Å². The molecule has 1 aliphatic heterocycles. The van der Waals surface area contributed by atoms with E-state index in [1.165, 1.54) is 6.92 Å². The molecule has 0 bridgehead atoms. The van der Waals surface area contributed by atoms with E-state index in [4.69, 9.17) is 4.74 Å². The number of benzene rings is 1. The number of rotatable bonds is 4. The van der Waals surface area contributed by atoms with Crippen molar-refractivity contribution in [3.8, 4) is 5.75 Å². The van der Waals surface area contributed by atoms with Gasteiger partial charge in [0, 0.05) is 19.9 Å². The Morgan fingerprint density at radius 2 is 2.13 bits per heavy atom. The third-order valence-electron chi connectivity index (χ3n) is 3.34. The molecule has 2 rings (SSSR count). The molecule has 0 aromatic heterocycles. The number of halogens is 3. The summed E-state index contributed by atoms with van der Waals surface area (Å²) in [7, 11) is 0. The van der Waals surface area contributed by atoms with E-state index in [-0.39, 0.29) is 24.6 Å². The van der Waals surface area contributed by atoms with Gasteiger partial charge < -0.3 is 15.0 Å². The fraction of sp³-hybridized carbons (Fsp3) is 0.467. The molecule has 0 aliphatic carbocycles. The van der Waals surface area contributed by atoms with Crippen molar-refractivity contribution in [3.05, 3.63) is 23.8 Å². The molecule has 0 unspecified atom stereocenters. The number of nitrogens with one attached hydrogen (secondary N) is 1. The zero-order valence-electron chi connectivity index (χ0n) is 12.7. The molecule has 1 aromatic carbocycles. The predicted octanol–water partition coefficient (Wildman–Crippen LogP) is 2.50. The standard InChI is InChI=1S/C15H17F3N2O3/c1-9-3-4-11(19-10(2)21)13(7-9)23-12-5-6-20(14(12)22)8-15(16,17)18/h3-4,7,12H,5-6,8H2,1-2H3,(H,19,21)/t12-/m1/s1. The lowest BCUT2D eigenvalue weighted by Gasteiger charge is -2.19. The lowest BCUT2D eigenvalue weighted by Crippen LogP contribution is -2.38. The number of likely N-dealkylation sites (tertiary alicyclic amines) is 1. The van der Waals surface area contributed by atoms with Crippen molar-refractivity contribution in [1.29, 1.82) is 0 Å². The highest BCUT2D eigenvalue weighted by molar-refractivity contribution is 5.90. The van der Waals surface area contributed by atoms with E-state index in [1.54, 1.807) is 25.1 Å². The number of carbonyl (C=O) groups is 2. The smallest absolute Gasteiger partial charge is 0.406 e. The van der Waals surface area contributed by atoms with E-state index in [0.29, 0.717) is 5.69 Å². The third kappa shape index (κ3) is 4.61. The van der Waals surface area contributed by atoms with Crippen LogP contribution in [-0.4, -0.2) is 42.1 Å². The molecule has 1 heterocycles. The average Bonchev–Trinajstić information content (AvgIpc) is 2.72. The van der Waals surface area contributed by atoms with Crippen molar-refractivity contribution < 1.29 is 27.5 Å². The summed E-state index contributed by atoms with van der Waals surface area (Å²) in [6.45, 7) is 1.84. The Morgan fingerprint density at radius 1 is 1.43 bits per heavy atom. The van der Waals surface area contributed by atoms with Crippen LogP contribution in [-0.2, 0) is 9.59 Å². The summed E-state index contributed by atoms with van der Waals surface area (Å²) in [4.78, 5) is 23.9. The maximum Gasteiger partial charge on any atom is 0.406 e. The maximum atomic E-state index is 12.4. The van der Waals surface area contributed by atoms with Crippen LogP contribution in [0.1, 0.15) is 18.9 Å². The molecule has 1 saturated heterocycles. The van der Waals surface area contributed by atoms with Crippen molar-refractivity contribution in [2.45, 2.75) is 32.5 Å². The van der Waals surface area contributed by atoms with Crippen molar-refractivity contribution in [2.24, 2.45) is 0 Å². The molecular weight excluding hydrogens is 313 g/mol. The second-order valence-electron chi connectivity index (χ2n) is 5.45. The van der Waals surface area contributed by atoms with Gasteiger partial charge in [0.2, 0.25) is 5.91 Å². The highest BCUT2D eigenvalue weighted by atomic mass is 19.4. The predicted molar refractivity (Wildman–Crippen MR) is 77.2 cm³/mol. The zero-order valence-corrected chi connectivity index (χ0v) is 12.7. The molecule has 0 spiro atoms. The molecule has 5 nitrogen and oxygen atoms in total. The summed E-state index contributed by atoms with van der Waals surface area (Å²) in [6, 6.07) is 5.01. The molecule has 1 fully saturated rings. The molecule has 1 N–H and O–H groups in total. The van der Waals surface area contributed by atoms with Crippen LogP contribution < -0.4 is 10.1 Å². The summed E-state index contributed by atoms with van der Waals surface area (Å²) in [6.07, 6.45) is -5.25. The Labute approximate surface area is 131 Å². The summed E-state index contributed by atoms with van der Waals surface area (Å²) < 4.78 is 42.8. The lowest BCUT2D eigenvalue weighted by atomic mass is 10.2. The van der Waals surface area contributed by atoms with Crippen molar-refractivity contribution in [2.75, 3.05) is 18.4 Å². The number of alkyl halides is 3. The van der Waals surface area contributed by atoms with Crippen LogP contribution in [0.2, 0.25) is 0 Å². The first kappa shape index (κ1) is 17.1. The second-order valence-corrected chi connectivity index (χ2v) is 5.45. The number of amides is 2. The summed E-state index contributed by atoms with van der Waals surface area (Å²) in [5.74, 6) is -0.736. The Kier molecular flexibility index (Phi) is 4.82. The molecule has 1 aliphatic rings. The number of hydrogen-bond acceptors (Lipinski definition) is 3. The Balaban J connectivity index is 2.12. The van der Waals surface area contributed by atoms with Crippen molar-refractivity contribution >= 4 is 17.5 Å². The Morgan fingerprint density at radius 3 is 2.74 bits per heavy atom. The molecule has 2 amide bonds. The highest BCUT2D eigenvalue weighted by Crippen LogP contribution is 2.30. The third-order valence-corrected chi connectivity index (χ3v) is 3.34. The summed E-state index contributed by atoms with van der Waals surface area (Å²) in [5.41, 5.74) is 1.22. The highest BCUT2D eigenvalue weighted by Gasteiger charge is 2.40. The molecule has 1 aromatic rings. The number of aryl methyl sites for hydroxylation is 1. The van der Waals surface area contributed by atoms with Gasteiger partial charge in [0.1, 0.15) is 12.3 Å². The lowest BCUT2D eigenvalue weighted by molar-refractivity contribution is -0.159. The zero-order chi connectivity index (χ0) is 17.2. The monoisotopic (exact) mass is 330 g/mol. The summed E-state index contributed by atoms with van der Waals surface area (Å²) >= 11 is 0. The molecule has 0 saturated carbocycles. The van der Waals surface area contributed by atoms with Crippen LogP contribution in [0.25, 0.3) is 0 Å². The van der Waals surface area contributed by atoms with Crippen LogP contribution in [0.4, 0.5) is 18.9 Å². The topological polar surface area (TPSA) is 58.6 Å². The minimum Gasteiger partial charge on any atom is -0.478 e. The molecule has 0 radical (unpaired) electrons. The molecule has 23 heavy (non-hydrogen) atoms. The fourth-order valence-corrected chi connectivity index (χ4v) is 2.37. The van der Waals surface area contributed by atoms with Crippen LogP contribution in [0, 0.1) is 6.92 Å². The van der Waals surface area contributed by atoms with Gasteiger partial charge >= 0.3 is 6.18 Å². The van der Waals surface area contributed by atoms with Gasteiger partial charge in [-0.2, -0.15) is 13.2 Å². The summed E-state index contributed by atoms with van der Waals surface area (Å²) in [5, 5.41) is 2.57. The first-order valence-electron chi connectivity index (χ1n) is 7.06. The molecular formula is C15H17F3N2O3. The van der Waals surface area contributed by atoms with Gasteiger partial charge in [-0.3, -0.25) is 9.59 Å². The van der Waals surface area contributed by atoms with E-state index in [2.05, 4.69) is 5.32 Å². The first-order chi connectivity index (χ1) is 10.7.